The van der Waals surface area contributed by atoms with Crippen molar-refractivity contribution in [3.8, 4) is 0 Å². The highest BCUT2D eigenvalue weighted by molar-refractivity contribution is 5.77. The first-order valence-electron chi connectivity index (χ1n) is 9.92. The van der Waals surface area contributed by atoms with Crippen LogP contribution in [0, 0.1) is 22.7 Å². The lowest BCUT2D eigenvalue weighted by Gasteiger charge is -2.66. The molecule has 0 unspecified atom stereocenters. The molecule has 1 spiro atoms. The van der Waals surface area contributed by atoms with E-state index in [4.69, 9.17) is 14.5 Å². The van der Waals surface area contributed by atoms with Crippen molar-refractivity contribution in [3.05, 3.63) is 11.6 Å². The summed E-state index contributed by atoms with van der Waals surface area (Å²) >= 11 is 0. The molecule has 0 amide bonds. The number of carbonyl (C=O) groups excluding carboxylic acids is 1. The van der Waals surface area contributed by atoms with E-state index in [-0.39, 0.29) is 28.5 Å². The minimum absolute atomic E-state index is 0.0590. The van der Waals surface area contributed by atoms with E-state index >= 15 is 0 Å². The fraction of sp³-hybridized carbons (Fsp3) is 0.857. The van der Waals surface area contributed by atoms with Crippen LogP contribution in [0.25, 0.3) is 0 Å². The van der Waals surface area contributed by atoms with Crippen LogP contribution in [0.3, 0.4) is 0 Å². The van der Waals surface area contributed by atoms with Gasteiger partial charge < -0.3 is 4.74 Å². The van der Waals surface area contributed by atoms with Crippen LogP contribution in [0.5, 0.6) is 0 Å². The molecule has 0 N–H and O–H groups in total. The molecular weight excluding hydrogens is 316 g/mol. The van der Waals surface area contributed by atoms with Gasteiger partial charge in [0.15, 0.2) is 0 Å². The fourth-order valence-corrected chi connectivity index (χ4v) is 6.67. The number of fused-ring (bicyclic) bond motifs is 3. The third kappa shape index (κ3) is 1.98. The van der Waals surface area contributed by atoms with Gasteiger partial charge in [-0.3, -0.25) is 4.79 Å². The molecule has 5 atom stereocenters. The van der Waals surface area contributed by atoms with E-state index in [1.807, 2.05) is 0 Å². The summed E-state index contributed by atoms with van der Waals surface area (Å²) in [6.45, 7) is 8.86. The van der Waals surface area contributed by atoms with Crippen molar-refractivity contribution in [3.63, 3.8) is 0 Å². The SMILES string of the molecule is COC(=O)[C@]1(C)CCC[C@@]2(C)[C@@H]1CCC1=C[C@@]3(C(C)C)CC[C@]12OO3. The van der Waals surface area contributed by atoms with Crippen molar-refractivity contribution in [1.29, 1.82) is 0 Å². The fourth-order valence-electron chi connectivity index (χ4n) is 6.67. The average Bonchev–Trinajstić information content (AvgIpc) is 2.61. The minimum Gasteiger partial charge on any atom is -0.469 e. The first kappa shape index (κ1) is 17.5. The standard InChI is InChI=1S/C21H32O4/c1-14(2)20-11-12-21(25-24-20)15(13-20)7-8-16-18(3,17(22)23-5)9-6-10-19(16,21)4/h13-14,16H,6-12H2,1-5H3/t16-,18-,19+,20-,21+/m1/s1. The molecule has 140 valence electrons. The Balaban J connectivity index is 1.79. The second kappa shape index (κ2) is 5.32. The van der Waals surface area contributed by atoms with Crippen molar-refractivity contribution in [2.24, 2.45) is 22.7 Å². The van der Waals surface area contributed by atoms with Gasteiger partial charge in [0.25, 0.3) is 0 Å². The van der Waals surface area contributed by atoms with Gasteiger partial charge in [0, 0.05) is 5.41 Å². The Hall–Kier alpha value is -0.870. The monoisotopic (exact) mass is 348 g/mol. The van der Waals surface area contributed by atoms with E-state index in [1.54, 1.807) is 0 Å². The van der Waals surface area contributed by atoms with Crippen molar-refractivity contribution >= 4 is 5.97 Å². The van der Waals surface area contributed by atoms with Crippen molar-refractivity contribution in [1.82, 2.24) is 0 Å². The van der Waals surface area contributed by atoms with Gasteiger partial charge in [-0.05, 0) is 68.9 Å². The molecule has 2 saturated carbocycles. The number of carbonyl (C=O) groups is 1. The Labute approximate surface area is 151 Å². The lowest BCUT2D eigenvalue weighted by molar-refractivity contribution is -0.465. The molecule has 5 aliphatic rings. The second-order valence-electron chi connectivity index (χ2n) is 9.54. The molecule has 25 heavy (non-hydrogen) atoms. The van der Waals surface area contributed by atoms with Crippen LogP contribution in [0.1, 0.15) is 72.6 Å². The summed E-state index contributed by atoms with van der Waals surface area (Å²) in [6.07, 6.45) is 9.46. The van der Waals surface area contributed by atoms with Crippen LogP contribution in [0.15, 0.2) is 11.6 Å². The summed E-state index contributed by atoms with van der Waals surface area (Å²) in [5.74, 6) is 0.610. The van der Waals surface area contributed by atoms with Gasteiger partial charge in [0.2, 0.25) is 0 Å². The number of methoxy groups -OCH3 is 1. The lowest BCUT2D eigenvalue weighted by atomic mass is 9.43. The summed E-state index contributed by atoms with van der Waals surface area (Å²) in [5.41, 5.74) is 0.298. The van der Waals surface area contributed by atoms with Crippen LogP contribution in [0.2, 0.25) is 0 Å². The molecule has 4 heteroatoms. The first-order valence-corrected chi connectivity index (χ1v) is 9.92. The zero-order chi connectivity index (χ0) is 18.1. The van der Waals surface area contributed by atoms with Crippen LogP contribution in [-0.4, -0.2) is 24.3 Å². The van der Waals surface area contributed by atoms with Gasteiger partial charge in [-0.25, -0.2) is 9.78 Å². The Bertz CT molecular complexity index is 613. The van der Waals surface area contributed by atoms with Crippen molar-refractivity contribution in [2.45, 2.75) is 83.8 Å². The molecular formula is C21H32O4. The number of hydrogen-bond donors (Lipinski definition) is 0. The first-order chi connectivity index (χ1) is 11.7. The molecule has 2 heterocycles. The Morgan fingerprint density at radius 1 is 1.20 bits per heavy atom. The molecule has 0 radical (unpaired) electrons. The number of esters is 1. The maximum Gasteiger partial charge on any atom is 0.311 e. The van der Waals surface area contributed by atoms with E-state index < -0.39 is 5.41 Å². The Morgan fingerprint density at radius 3 is 2.56 bits per heavy atom. The molecule has 0 aromatic heterocycles. The van der Waals surface area contributed by atoms with Gasteiger partial charge in [0.1, 0.15) is 11.2 Å². The highest BCUT2D eigenvalue weighted by Gasteiger charge is 2.69. The minimum atomic E-state index is -0.421. The summed E-state index contributed by atoms with van der Waals surface area (Å²) in [4.78, 5) is 25.0. The topological polar surface area (TPSA) is 44.8 Å². The quantitative estimate of drug-likeness (QED) is 0.416. The van der Waals surface area contributed by atoms with Crippen molar-refractivity contribution < 1.29 is 19.3 Å². The maximum absolute atomic E-state index is 12.7. The van der Waals surface area contributed by atoms with Crippen LogP contribution >= 0.6 is 0 Å². The largest absolute Gasteiger partial charge is 0.469 e. The number of rotatable bonds is 2. The number of hydrogen-bond acceptors (Lipinski definition) is 4. The smallest absolute Gasteiger partial charge is 0.311 e. The average molecular weight is 348 g/mol. The summed E-state index contributed by atoms with van der Waals surface area (Å²) in [5, 5.41) is 0. The van der Waals surface area contributed by atoms with Gasteiger partial charge in [0.05, 0.1) is 12.5 Å². The van der Waals surface area contributed by atoms with Gasteiger partial charge in [-0.2, -0.15) is 0 Å². The lowest BCUT2D eigenvalue weighted by Crippen LogP contribution is -2.68. The summed E-state index contributed by atoms with van der Waals surface area (Å²) in [6, 6.07) is 0. The third-order valence-electron chi connectivity index (χ3n) is 8.33. The summed E-state index contributed by atoms with van der Waals surface area (Å²) < 4.78 is 5.22. The summed E-state index contributed by atoms with van der Waals surface area (Å²) in [7, 11) is 1.52. The predicted molar refractivity (Wildman–Crippen MR) is 94.6 cm³/mol. The molecule has 0 aromatic rings. The molecule has 1 saturated heterocycles. The molecule has 2 aliphatic heterocycles. The Morgan fingerprint density at radius 2 is 1.96 bits per heavy atom. The molecule has 2 bridgehead atoms. The van der Waals surface area contributed by atoms with Gasteiger partial charge >= 0.3 is 5.97 Å². The highest BCUT2D eigenvalue weighted by atomic mass is 17.2. The zero-order valence-corrected chi connectivity index (χ0v) is 16.3. The third-order valence-corrected chi connectivity index (χ3v) is 8.33. The van der Waals surface area contributed by atoms with Crippen molar-refractivity contribution in [2.75, 3.05) is 7.11 Å². The molecule has 5 rings (SSSR count). The van der Waals surface area contributed by atoms with Crippen LogP contribution in [-0.2, 0) is 19.3 Å². The van der Waals surface area contributed by atoms with E-state index in [2.05, 4.69) is 33.8 Å². The predicted octanol–water partition coefficient (Wildman–Crippen LogP) is 4.58. The maximum atomic E-state index is 12.7. The van der Waals surface area contributed by atoms with Gasteiger partial charge in [-0.1, -0.05) is 27.2 Å². The van der Waals surface area contributed by atoms with E-state index in [9.17, 15) is 4.79 Å². The van der Waals surface area contributed by atoms with Crippen LogP contribution < -0.4 is 0 Å². The highest BCUT2D eigenvalue weighted by Crippen LogP contribution is 2.68. The number of ether oxygens (including phenoxy) is 1. The molecule has 0 aromatic carbocycles. The molecule has 3 fully saturated rings. The molecule has 4 nitrogen and oxygen atoms in total. The van der Waals surface area contributed by atoms with Gasteiger partial charge in [-0.15, -0.1) is 0 Å². The van der Waals surface area contributed by atoms with E-state index in [0.717, 1.165) is 44.9 Å². The van der Waals surface area contributed by atoms with E-state index in [1.165, 1.54) is 12.7 Å². The van der Waals surface area contributed by atoms with Crippen LogP contribution in [0.4, 0.5) is 0 Å². The Kier molecular flexibility index (Phi) is 3.73. The second-order valence-corrected chi connectivity index (χ2v) is 9.54. The normalized spacial score (nSPS) is 48.6. The zero-order valence-electron chi connectivity index (χ0n) is 16.3. The molecule has 3 aliphatic carbocycles. The van der Waals surface area contributed by atoms with E-state index in [0.29, 0.717) is 5.92 Å².